The average Bonchev–Trinajstić information content (AvgIpc) is 3.26. The number of ether oxygens (including phenoxy) is 2. The fourth-order valence-corrected chi connectivity index (χ4v) is 5.73. The number of hydrogen-bond donors (Lipinski definition) is 4. The molecule has 9 nitrogen and oxygen atoms in total. The molecule has 0 aromatic carbocycles. The van der Waals surface area contributed by atoms with Crippen LogP contribution in [0.25, 0.3) is 0 Å². The van der Waals surface area contributed by atoms with Crippen LogP contribution in [0.4, 0.5) is 0 Å². The van der Waals surface area contributed by atoms with Gasteiger partial charge < -0.3 is 29.9 Å². The van der Waals surface area contributed by atoms with Crippen LogP contribution in [0.2, 0.25) is 0 Å². The van der Waals surface area contributed by atoms with E-state index in [4.69, 9.17) is 9.47 Å². The van der Waals surface area contributed by atoms with Gasteiger partial charge in [0.1, 0.15) is 25.1 Å². The van der Waals surface area contributed by atoms with Crippen molar-refractivity contribution < 1.29 is 44.3 Å². The summed E-state index contributed by atoms with van der Waals surface area (Å²) in [5, 5.41) is 40.9. The summed E-state index contributed by atoms with van der Waals surface area (Å²) in [5.41, 5.74) is 0. The third-order valence-electron chi connectivity index (χ3n) is 8.48. The Labute approximate surface area is 265 Å². The lowest BCUT2D eigenvalue weighted by Gasteiger charge is -2.20. The quantitative estimate of drug-likeness (QED) is 0.0509. The number of Topliss-reactive ketones (excluding diaryl/α,β-unsaturated/α-hetero) is 1. The number of aliphatic hydroxyl groups excluding tert-OH is 4. The summed E-state index contributed by atoms with van der Waals surface area (Å²) in [4.78, 5) is 36.5. The van der Waals surface area contributed by atoms with Gasteiger partial charge in [-0.05, 0) is 25.7 Å². The van der Waals surface area contributed by atoms with Crippen molar-refractivity contribution in [2.24, 2.45) is 11.8 Å². The number of hydrogen-bond acceptors (Lipinski definition) is 9. The lowest BCUT2D eigenvalue weighted by molar-refractivity contribution is -0.152. The van der Waals surface area contributed by atoms with E-state index in [-0.39, 0.29) is 56.6 Å². The minimum absolute atomic E-state index is 0.0435. The molecule has 0 spiro atoms. The van der Waals surface area contributed by atoms with Crippen LogP contribution in [0, 0.1) is 11.8 Å². The van der Waals surface area contributed by atoms with Crippen molar-refractivity contribution in [2.75, 3.05) is 13.2 Å². The van der Waals surface area contributed by atoms with Gasteiger partial charge in [-0.1, -0.05) is 96.6 Å². The van der Waals surface area contributed by atoms with Gasteiger partial charge in [-0.15, -0.1) is 0 Å². The highest BCUT2D eigenvalue weighted by Crippen LogP contribution is 2.36. The summed E-state index contributed by atoms with van der Waals surface area (Å²) in [6, 6.07) is 0. The molecule has 1 aliphatic carbocycles. The first-order valence-corrected chi connectivity index (χ1v) is 17.4. The second-order valence-corrected chi connectivity index (χ2v) is 12.6. The first-order chi connectivity index (χ1) is 21.2. The van der Waals surface area contributed by atoms with E-state index in [1.807, 2.05) is 0 Å². The molecule has 4 N–H and O–H groups in total. The number of ketones is 1. The maximum atomic E-state index is 12.6. The summed E-state index contributed by atoms with van der Waals surface area (Å²) >= 11 is 0. The van der Waals surface area contributed by atoms with E-state index in [9.17, 15) is 34.8 Å². The Morgan fingerprint density at radius 2 is 1.20 bits per heavy atom. The first-order valence-electron chi connectivity index (χ1n) is 17.4. The van der Waals surface area contributed by atoms with Gasteiger partial charge in [0.2, 0.25) is 0 Å². The molecule has 0 aliphatic heterocycles. The third-order valence-corrected chi connectivity index (χ3v) is 8.48. The van der Waals surface area contributed by atoms with E-state index in [0.29, 0.717) is 25.7 Å². The van der Waals surface area contributed by atoms with Gasteiger partial charge in [0.05, 0.1) is 18.3 Å². The third kappa shape index (κ3) is 19.6. The Hall–Kier alpha value is -1.81. The van der Waals surface area contributed by atoms with Crippen LogP contribution in [0.1, 0.15) is 142 Å². The van der Waals surface area contributed by atoms with Gasteiger partial charge in [-0.3, -0.25) is 14.4 Å². The highest BCUT2D eigenvalue weighted by molar-refractivity contribution is 5.79. The summed E-state index contributed by atoms with van der Waals surface area (Å²) in [5.74, 6) is -1.68. The molecule has 1 aliphatic rings. The lowest BCUT2D eigenvalue weighted by Crippen LogP contribution is -2.25. The van der Waals surface area contributed by atoms with Gasteiger partial charge in [0.15, 0.2) is 0 Å². The topological polar surface area (TPSA) is 151 Å². The van der Waals surface area contributed by atoms with Gasteiger partial charge in [-0.25, -0.2) is 0 Å². The Kier molecular flexibility index (Phi) is 23.2. The van der Waals surface area contributed by atoms with Crippen molar-refractivity contribution in [3.8, 4) is 0 Å². The highest BCUT2D eigenvalue weighted by Gasteiger charge is 2.41. The lowest BCUT2D eigenvalue weighted by atomic mass is 9.87. The van der Waals surface area contributed by atoms with Crippen LogP contribution >= 0.6 is 0 Å². The smallest absolute Gasteiger partial charge is 0.305 e. The zero-order valence-electron chi connectivity index (χ0n) is 27.5. The molecule has 1 fully saturated rings. The molecule has 0 unspecified atom stereocenters. The van der Waals surface area contributed by atoms with E-state index in [1.54, 1.807) is 12.2 Å². The molecule has 0 bridgehead atoms. The number of unbranched alkanes of at least 4 members (excludes halogenated alkanes) is 11. The predicted molar refractivity (Wildman–Crippen MR) is 171 cm³/mol. The molecule has 9 heteroatoms. The van der Waals surface area contributed by atoms with Gasteiger partial charge in [-0.2, -0.15) is 0 Å². The standard InChI is InChI=1S/C35H62O9/c1-3-5-7-8-9-10-11-12-14-19-34(41)43-25-29(38)26-44-35(42)20-16-15-18-28(37)23-31-30(32(39)24-33(31)40)22-21-27(36)17-13-6-4-2/h21-22,27,29-33,36,38-40H,3-20,23-26H2,1-2H3/b22-21+/t27-,29+,30+,31+,32+,33-/m0/s1. The zero-order valence-corrected chi connectivity index (χ0v) is 27.5. The van der Waals surface area contributed by atoms with Crippen molar-refractivity contribution in [1.29, 1.82) is 0 Å². The SMILES string of the molecule is CCCCCCCCCCCC(=O)OC[C@@H](O)COC(=O)CCCCC(=O)C[C@@H]1[C@@H](/C=C/[C@@H](O)CCCCC)[C@H](O)C[C@@H]1O. The molecule has 44 heavy (non-hydrogen) atoms. The van der Waals surface area contributed by atoms with Gasteiger partial charge >= 0.3 is 11.9 Å². The maximum absolute atomic E-state index is 12.6. The first kappa shape index (κ1) is 40.2. The molecule has 0 aromatic rings. The number of carbonyl (C=O) groups is 3. The molecular formula is C35H62O9. The monoisotopic (exact) mass is 626 g/mol. The van der Waals surface area contributed by atoms with Crippen LogP contribution in [0.3, 0.4) is 0 Å². The van der Waals surface area contributed by atoms with Crippen LogP contribution in [0.5, 0.6) is 0 Å². The number of carbonyl (C=O) groups excluding carboxylic acids is 3. The molecule has 0 aromatic heterocycles. The molecule has 1 saturated carbocycles. The van der Waals surface area contributed by atoms with Crippen LogP contribution in [0.15, 0.2) is 12.2 Å². The summed E-state index contributed by atoms with van der Waals surface area (Å²) in [7, 11) is 0. The summed E-state index contributed by atoms with van der Waals surface area (Å²) in [6.45, 7) is 3.83. The molecule has 6 atom stereocenters. The molecule has 1 rings (SSSR count). The highest BCUT2D eigenvalue weighted by atomic mass is 16.6. The van der Waals surface area contributed by atoms with E-state index >= 15 is 0 Å². The minimum Gasteiger partial charge on any atom is -0.463 e. The van der Waals surface area contributed by atoms with Crippen molar-refractivity contribution in [3.05, 3.63) is 12.2 Å². The number of aliphatic hydroxyl groups is 4. The van der Waals surface area contributed by atoms with E-state index < -0.39 is 36.3 Å². The van der Waals surface area contributed by atoms with Crippen molar-refractivity contribution >= 4 is 17.7 Å². The molecule has 0 heterocycles. The maximum Gasteiger partial charge on any atom is 0.305 e. The van der Waals surface area contributed by atoms with Crippen LogP contribution < -0.4 is 0 Å². The van der Waals surface area contributed by atoms with Crippen LogP contribution in [-0.4, -0.2) is 75.8 Å². The Morgan fingerprint density at radius 3 is 1.80 bits per heavy atom. The van der Waals surface area contributed by atoms with Crippen molar-refractivity contribution in [2.45, 2.75) is 167 Å². The zero-order chi connectivity index (χ0) is 32.6. The van der Waals surface area contributed by atoms with E-state index in [0.717, 1.165) is 38.5 Å². The number of esters is 2. The molecule has 0 saturated heterocycles. The summed E-state index contributed by atoms with van der Waals surface area (Å²) < 4.78 is 10.2. The van der Waals surface area contributed by atoms with Crippen molar-refractivity contribution in [3.63, 3.8) is 0 Å². The molecular weight excluding hydrogens is 564 g/mol. The summed E-state index contributed by atoms with van der Waals surface area (Å²) in [6.07, 6.45) is 16.2. The second-order valence-electron chi connectivity index (χ2n) is 12.6. The van der Waals surface area contributed by atoms with Gasteiger partial charge in [0.25, 0.3) is 0 Å². The second kappa shape index (κ2) is 25.4. The minimum atomic E-state index is -1.08. The Bertz CT molecular complexity index is 799. The Balaban J connectivity index is 2.16. The molecule has 256 valence electrons. The Morgan fingerprint density at radius 1 is 0.705 bits per heavy atom. The fraction of sp³-hybridized carbons (Fsp3) is 0.857. The number of rotatable bonds is 27. The molecule has 0 radical (unpaired) electrons. The van der Waals surface area contributed by atoms with E-state index in [2.05, 4.69) is 13.8 Å². The average molecular weight is 627 g/mol. The largest absolute Gasteiger partial charge is 0.463 e. The van der Waals surface area contributed by atoms with Crippen molar-refractivity contribution in [1.82, 2.24) is 0 Å². The fourth-order valence-electron chi connectivity index (χ4n) is 5.73. The van der Waals surface area contributed by atoms with Gasteiger partial charge in [0, 0.05) is 43.9 Å². The van der Waals surface area contributed by atoms with E-state index in [1.165, 1.54) is 38.5 Å². The normalized spacial score (nSPS) is 21.4. The molecule has 0 amide bonds. The van der Waals surface area contributed by atoms with Crippen LogP contribution in [-0.2, 0) is 23.9 Å². The predicted octanol–water partition coefficient (Wildman–Crippen LogP) is 5.73.